The molecule has 0 aliphatic carbocycles. The van der Waals surface area contributed by atoms with Gasteiger partial charge in [0.15, 0.2) is 6.29 Å². The van der Waals surface area contributed by atoms with Crippen LogP contribution >= 0.6 is 0 Å². The number of nitrogens with zero attached hydrogens (tertiary/aromatic N) is 1. The number of benzene rings is 2. The summed E-state index contributed by atoms with van der Waals surface area (Å²) in [5, 5.41) is 1.06. The minimum Gasteiger partial charge on any atom is -0.296 e. The molecule has 0 spiro atoms. The zero-order valence-electron chi connectivity index (χ0n) is 9.71. The van der Waals surface area contributed by atoms with Crippen molar-refractivity contribution in [2.45, 2.75) is 0 Å². The van der Waals surface area contributed by atoms with E-state index in [9.17, 15) is 4.79 Å². The summed E-state index contributed by atoms with van der Waals surface area (Å²) in [4.78, 5) is 15.3. The van der Waals surface area contributed by atoms with E-state index in [1.54, 1.807) is 0 Å². The number of para-hydroxylation sites is 1. The third-order valence-electron chi connectivity index (χ3n) is 2.94. The lowest BCUT2D eigenvalue weighted by Crippen LogP contribution is -1.91. The van der Waals surface area contributed by atoms with Crippen molar-refractivity contribution in [3.05, 3.63) is 66.4 Å². The van der Waals surface area contributed by atoms with E-state index in [0.717, 1.165) is 28.3 Å². The van der Waals surface area contributed by atoms with Crippen LogP contribution in [0.15, 0.2) is 60.7 Å². The lowest BCUT2D eigenvalue weighted by molar-refractivity contribution is 0.111. The first-order valence-electron chi connectivity index (χ1n) is 5.79. The van der Waals surface area contributed by atoms with Crippen LogP contribution in [0.2, 0.25) is 0 Å². The zero-order chi connectivity index (χ0) is 12.4. The van der Waals surface area contributed by atoms with E-state index in [1.165, 1.54) is 0 Å². The number of aldehydes is 1. The van der Waals surface area contributed by atoms with Gasteiger partial charge < -0.3 is 0 Å². The van der Waals surface area contributed by atoms with Gasteiger partial charge >= 0.3 is 0 Å². The quantitative estimate of drug-likeness (QED) is 0.631. The average molecular weight is 233 g/mol. The van der Waals surface area contributed by atoms with Gasteiger partial charge in [-0.25, -0.2) is 4.98 Å². The van der Waals surface area contributed by atoms with E-state index in [2.05, 4.69) is 4.98 Å². The van der Waals surface area contributed by atoms with Crippen molar-refractivity contribution in [1.29, 1.82) is 0 Å². The van der Waals surface area contributed by atoms with E-state index in [1.807, 2.05) is 60.7 Å². The Morgan fingerprint density at radius 3 is 2.39 bits per heavy atom. The Bertz CT molecular complexity index is 705. The van der Waals surface area contributed by atoms with Crippen LogP contribution in [0.1, 0.15) is 10.5 Å². The van der Waals surface area contributed by atoms with Crippen molar-refractivity contribution in [3.8, 4) is 11.1 Å². The van der Waals surface area contributed by atoms with Gasteiger partial charge in [-0.05, 0) is 23.3 Å². The topological polar surface area (TPSA) is 30.0 Å². The molecule has 1 heterocycles. The molecule has 0 aliphatic rings. The second-order valence-electron chi connectivity index (χ2n) is 4.10. The summed E-state index contributed by atoms with van der Waals surface area (Å²) in [6, 6.07) is 19.7. The first-order chi connectivity index (χ1) is 8.88. The summed E-state index contributed by atoms with van der Waals surface area (Å²) in [5.74, 6) is 0. The van der Waals surface area contributed by atoms with E-state index in [4.69, 9.17) is 0 Å². The Morgan fingerprint density at radius 1 is 0.889 bits per heavy atom. The summed E-state index contributed by atoms with van der Waals surface area (Å²) in [6.45, 7) is 0. The molecule has 18 heavy (non-hydrogen) atoms. The van der Waals surface area contributed by atoms with Crippen LogP contribution in [0.25, 0.3) is 22.0 Å². The van der Waals surface area contributed by atoms with Crippen molar-refractivity contribution in [3.63, 3.8) is 0 Å². The first-order valence-corrected chi connectivity index (χ1v) is 5.79. The van der Waals surface area contributed by atoms with Crippen LogP contribution in [0.3, 0.4) is 0 Å². The minimum absolute atomic E-state index is 0.465. The number of rotatable bonds is 2. The number of carbonyl (C=O) groups is 1. The molecule has 2 aromatic carbocycles. The van der Waals surface area contributed by atoms with Crippen LogP contribution < -0.4 is 0 Å². The Balaban J connectivity index is 2.36. The molecule has 2 heteroatoms. The molecule has 3 rings (SSSR count). The van der Waals surface area contributed by atoms with Crippen molar-refractivity contribution >= 4 is 17.2 Å². The van der Waals surface area contributed by atoms with Crippen LogP contribution in [0.4, 0.5) is 0 Å². The Labute approximate surface area is 105 Å². The third kappa shape index (κ3) is 1.78. The molecular formula is C16H11NO. The molecule has 0 aliphatic heterocycles. The zero-order valence-corrected chi connectivity index (χ0v) is 9.71. The first kappa shape index (κ1) is 10.7. The van der Waals surface area contributed by atoms with Gasteiger partial charge in [0.05, 0.1) is 5.52 Å². The van der Waals surface area contributed by atoms with Gasteiger partial charge in [-0.2, -0.15) is 0 Å². The number of carbonyl (C=O) groups excluding carboxylic acids is 1. The van der Waals surface area contributed by atoms with E-state index in [-0.39, 0.29) is 0 Å². The highest BCUT2D eigenvalue weighted by Gasteiger charge is 2.06. The predicted molar refractivity (Wildman–Crippen MR) is 72.6 cm³/mol. The molecule has 3 aromatic rings. The maximum atomic E-state index is 11.0. The molecular weight excluding hydrogens is 222 g/mol. The minimum atomic E-state index is 0.465. The second kappa shape index (κ2) is 4.41. The maximum Gasteiger partial charge on any atom is 0.168 e. The molecule has 0 radical (unpaired) electrons. The highest BCUT2D eigenvalue weighted by molar-refractivity contribution is 5.96. The van der Waals surface area contributed by atoms with Gasteiger partial charge in [-0.15, -0.1) is 0 Å². The van der Waals surface area contributed by atoms with Crippen molar-refractivity contribution in [1.82, 2.24) is 4.98 Å². The summed E-state index contributed by atoms with van der Waals surface area (Å²) in [7, 11) is 0. The van der Waals surface area contributed by atoms with Crippen molar-refractivity contribution in [2.75, 3.05) is 0 Å². The SMILES string of the molecule is O=Cc1cc(-c2ccccc2)c2ccccc2n1. The third-order valence-corrected chi connectivity index (χ3v) is 2.94. The molecule has 0 atom stereocenters. The van der Waals surface area contributed by atoms with Gasteiger partial charge in [-0.3, -0.25) is 4.79 Å². The molecule has 0 amide bonds. The standard InChI is InChI=1S/C16H11NO/c18-11-13-10-15(12-6-2-1-3-7-12)14-8-4-5-9-16(14)17-13/h1-11H. The van der Waals surface area contributed by atoms with Crippen LogP contribution in [-0.2, 0) is 0 Å². The number of aromatic nitrogens is 1. The fraction of sp³-hybridized carbons (Fsp3) is 0. The van der Waals surface area contributed by atoms with Gasteiger partial charge in [0.1, 0.15) is 5.69 Å². The number of hydrogen-bond acceptors (Lipinski definition) is 2. The molecule has 2 nitrogen and oxygen atoms in total. The Hall–Kier alpha value is -2.48. The molecule has 0 unspecified atom stereocenters. The van der Waals surface area contributed by atoms with Gasteiger partial charge in [-0.1, -0.05) is 48.5 Å². The normalized spacial score (nSPS) is 10.4. The molecule has 0 bridgehead atoms. The molecule has 0 saturated carbocycles. The largest absolute Gasteiger partial charge is 0.296 e. The lowest BCUT2D eigenvalue weighted by Gasteiger charge is -2.07. The van der Waals surface area contributed by atoms with Crippen LogP contribution in [0, 0.1) is 0 Å². The summed E-state index contributed by atoms with van der Waals surface area (Å²) >= 11 is 0. The summed E-state index contributed by atoms with van der Waals surface area (Å²) < 4.78 is 0. The smallest absolute Gasteiger partial charge is 0.168 e. The van der Waals surface area contributed by atoms with Gasteiger partial charge in [0.25, 0.3) is 0 Å². The highest BCUT2D eigenvalue weighted by Crippen LogP contribution is 2.27. The number of hydrogen-bond donors (Lipinski definition) is 0. The van der Waals surface area contributed by atoms with E-state index < -0.39 is 0 Å². The maximum absolute atomic E-state index is 11.0. The van der Waals surface area contributed by atoms with Crippen molar-refractivity contribution in [2.24, 2.45) is 0 Å². The lowest BCUT2D eigenvalue weighted by atomic mass is 10.0. The molecule has 0 N–H and O–H groups in total. The summed E-state index contributed by atoms with van der Waals surface area (Å²) in [6.07, 6.45) is 0.791. The van der Waals surface area contributed by atoms with E-state index in [0.29, 0.717) is 5.69 Å². The molecule has 0 saturated heterocycles. The Morgan fingerprint density at radius 2 is 1.61 bits per heavy atom. The molecule has 0 fully saturated rings. The molecule has 86 valence electrons. The number of pyridine rings is 1. The van der Waals surface area contributed by atoms with Crippen LogP contribution in [0.5, 0.6) is 0 Å². The van der Waals surface area contributed by atoms with Crippen LogP contribution in [-0.4, -0.2) is 11.3 Å². The average Bonchev–Trinajstić information content (AvgIpc) is 2.47. The van der Waals surface area contributed by atoms with E-state index >= 15 is 0 Å². The Kier molecular flexibility index (Phi) is 2.61. The van der Waals surface area contributed by atoms with Gasteiger partial charge in [0, 0.05) is 5.39 Å². The monoisotopic (exact) mass is 233 g/mol. The number of fused-ring (bicyclic) bond motifs is 1. The van der Waals surface area contributed by atoms with Gasteiger partial charge in [0.2, 0.25) is 0 Å². The van der Waals surface area contributed by atoms with Crippen molar-refractivity contribution < 1.29 is 4.79 Å². The molecule has 1 aromatic heterocycles. The highest BCUT2D eigenvalue weighted by atomic mass is 16.1. The fourth-order valence-corrected chi connectivity index (χ4v) is 2.11. The summed E-state index contributed by atoms with van der Waals surface area (Å²) in [5.41, 5.74) is 3.45. The predicted octanol–water partition coefficient (Wildman–Crippen LogP) is 3.71. The second-order valence-corrected chi connectivity index (χ2v) is 4.10. The fourth-order valence-electron chi connectivity index (χ4n) is 2.11.